The van der Waals surface area contributed by atoms with Crippen molar-refractivity contribution in [2.24, 2.45) is 34.5 Å². The molecule has 5 rings (SSSR count). The Balaban J connectivity index is 1.50. The van der Waals surface area contributed by atoms with E-state index in [0.29, 0.717) is 29.6 Å². The van der Waals surface area contributed by atoms with Gasteiger partial charge in [0.15, 0.2) is 5.12 Å². The molecule has 0 bridgehead atoms. The van der Waals surface area contributed by atoms with Gasteiger partial charge in [-0.3, -0.25) is 9.59 Å². The molecule has 7 atom stereocenters. The third-order valence-electron chi connectivity index (χ3n) is 9.08. The maximum Gasteiger partial charge on any atom is 0.220 e. The fraction of sp³-hybridized carbons (Fsp3) is 0.708. The quantitative estimate of drug-likeness (QED) is 0.706. The van der Waals surface area contributed by atoms with Crippen LogP contribution in [-0.2, 0) is 9.59 Å². The highest BCUT2D eigenvalue weighted by atomic mass is 32.2. The number of hydrogen-bond donors (Lipinski definition) is 1. The number of hydrogen-bond acceptors (Lipinski definition) is 4. The van der Waals surface area contributed by atoms with Gasteiger partial charge in [0.2, 0.25) is 5.91 Å². The average molecular weight is 413 g/mol. The van der Waals surface area contributed by atoms with E-state index in [2.05, 4.69) is 24.1 Å². The first-order chi connectivity index (χ1) is 13.9. The Bertz CT molecular complexity index is 814. The normalized spacial score (nSPS) is 43.7. The van der Waals surface area contributed by atoms with Gasteiger partial charge in [0, 0.05) is 24.6 Å². The summed E-state index contributed by atoms with van der Waals surface area (Å²) in [5.74, 6) is 1.82. The van der Waals surface area contributed by atoms with Gasteiger partial charge in [-0.25, -0.2) is 4.98 Å². The number of rotatable bonds is 2. The third kappa shape index (κ3) is 3.15. The van der Waals surface area contributed by atoms with Crippen LogP contribution in [0.4, 0.5) is 0 Å². The molecular formula is C24H32N2O2S. The molecular weight excluding hydrogens is 380 g/mol. The van der Waals surface area contributed by atoms with Crippen LogP contribution < -0.4 is 5.32 Å². The number of thioether (sulfide) groups is 1. The van der Waals surface area contributed by atoms with Crippen molar-refractivity contribution < 1.29 is 9.59 Å². The van der Waals surface area contributed by atoms with Crippen molar-refractivity contribution in [1.82, 2.24) is 10.3 Å². The van der Waals surface area contributed by atoms with Gasteiger partial charge in [-0.15, -0.1) is 0 Å². The molecule has 1 amide bonds. The molecule has 0 radical (unpaired) electrons. The number of aromatic nitrogens is 1. The van der Waals surface area contributed by atoms with Crippen LogP contribution in [0.3, 0.4) is 0 Å². The second kappa shape index (κ2) is 7.11. The van der Waals surface area contributed by atoms with E-state index in [0.717, 1.165) is 17.9 Å². The molecule has 1 saturated heterocycles. The van der Waals surface area contributed by atoms with Crippen LogP contribution in [0, 0.1) is 34.5 Å². The Kier molecular flexibility index (Phi) is 4.80. The highest BCUT2D eigenvalue weighted by molar-refractivity contribution is 8.13. The van der Waals surface area contributed by atoms with E-state index >= 15 is 0 Å². The fourth-order valence-electron chi connectivity index (χ4n) is 7.53. The van der Waals surface area contributed by atoms with Crippen molar-refractivity contribution in [2.75, 3.05) is 0 Å². The number of carbonyl (C=O) groups is 2. The molecule has 4 fully saturated rings. The van der Waals surface area contributed by atoms with E-state index in [1.165, 1.54) is 43.9 Å². The minimum absolute atomic E-state index is 0.0196. The Morgan fingerprint density at radius 1 is 1.17 bits per heavy atom. The monoisotopic (exact) mass is 412 g/mol. The molecule has 3 saturated carbocycles. The van der Waals surface area contributed by atoms with Crippen molar-refractivity contribution >= 4 is 22.8 Å². The summed E-state index contributed by atoms with van der Waals surface area (Å²) in [7, 11) is 0. The highest BCUT2D eigenvalue weighted by Crippen LogP contribution is 2.65. The van der Waals surface area contributed by atoms with Crippen LogP contribution in [0.15, 0.2) is 29.4 Å². The Morgan fingerprint density at radius 2 is 2.03 bits per heavy atom. The first-order valence-electron chi connectivity index (χ1n) is 11.3. The number of piperidine rings is 1. The lowest BCUT2D eigenvalue weighted by atomic mass is 9.45. The van der Waals surface area contributed by atoms with E-state index < -0.39 is 0 Å². The first kappa shape index (κ1) is 19.6. The highest BCUT2D eigenvalue weighted by Gasteiger charge is 2.62. The zero-order valence-electron chi connectivity index (χ0n) is 17.5. The van der Waals surface area contributed by atoms with Crippen molar-refractivity contribution in [3.8, 4) is 0 Å². The summed E-state index contributed by atoms with van der Waals surface area (Å²) >= 11 is 1.32. The lowest BCUT2D eigenvalue weighted by Gasteiger charge is -2.61. The van der Waals surface area contributed by atoms with Crippen molar-refractivity contribution in [2.45, 2.75) is 76.3 Å². The van der Waals surface area contributed by atoms with E-state index in [-0.39, 0.29) is 28.4 Å². The minimum Gasteiger partial charge on any atom is -0.353 e. The topological polar surface area (TPSA) is 59.1 Å². The van der Waals surface area contributed by atoms with Crippen LogP contribution in [-0.4, -0.2) is 22.0 Å². The molecule has 0 unspecified atom stereocenters. The van der Waals surface area contributed by atoms with Crippen LogP contribution in [0.5, 0.6) is 0 Å². The summed E-state index contributed by atoms with van der Waals surface area (Å²) in [5, 5.41) is 4.35. The standard InChI is InChI=1S/C24H32N2O2S/c1-23-10-5-6-16(23)21-15(22(28)29-20-7-3-4-13-25-20)14-18-24(2,17(21)8-11-23)12-9-19(27)26-18/h3-4,7,13,15-18,21H,5-6,8-12,14H2,1-2H3,(H,26,27)/t15-,16-,17-,18+,21-,23-,24+/m0/s1. The molecule has 3 aliphatic carbocycles. The average Bonchev–Trinajstić information content (AvgIpc) is 3.10. The number of fused-ring (bicyclic) bond motifs is 5. The molecule has 1 aromatic rings. The zero-order chi connectivity index (χ0) is 20.2. The third-order valence-corrected chi connectivity index (χ3v) is 10.0. The predicted octanol–water partition coefficient (Wildman–Crippen LogP) is 4.84. The lowest BCUT2D eigenvalue weighted by molar-refractivity contribution is -0.149. The molecule has 156 valence electrons. The second-order valence-electron chi connectivity index (χ2n) is 10.4. The smallest absolute Gasteiger partial charge is 0.220 e. The second-order valence-corrected chi connectivity index (χ2v) is 11.5. The molecule has 1 aliphatic heterocycles. The first-order valence-corrected chi connectivity index (χ1v) is 12.1. The molecule has 0 spiro atoms. The van der Waals surface area contributed by atoms with E-state index in [4.69, 9.17) is 0 Å². The summed E-state index contributed by atoms with van der Waals surface area (Å²) in [6.07, 6.45) is 10.5. The van der Waals surface area contributed by atoms with E-state index in [1.807, 2.05) is 18.2 Å². The number of pyridine rings is 1. The van der Waals surface area contributed by atoms with E-state index in [1.54, 1.807) is 6.20 Å². The summed E-state index contributed by atoms with van der Waals surface area (Å²) in [4.78, 5) is 30.2. The predicted molar refractivity (Wildman–Crippen MR) is 114 cm³/mol. The van der Waals surface area contributed by atoms with Crippen molar-refractivity contribution in [1.29, 1.82) is 0 Å². The van der Waals surface area contributed by atoms with Gasteiger partial charge >= 0.3 is 0 Å². The van der Waals surface area contributed by atoms with Crippen molar-refractivity contribution in [3.05, 3.63) is 24.4 Å². The van der Waals surface area contributed by atoms with Crippen LogP contribution in [0.2, 0.25) is 0 Å². The number of amides is 1. The van der Waals surface area contributed by atoms with Crippen molar-refractivity contribution in [3.63, 3.8) is 0 Å². The summed E-state index contributed by atoms with van der Waals surface area (Å²) in [6, 6.07) is 5.89. The van der Waals surface area contributed by atoms with Gasteiger partial charge in [-0.2, -0.15) is 0 Å². The molecule has 0 aromatic carbocycles. The molecule has 2 heterocycles. The summed E-state index contributed by atoms with van der Waals surface area (Å²) in [6.45, 7) is 4.88. The van der Waals surface area contributed by atoms with Gasteiger partial charge in [0.05, 0.1) is 0 Å². The van der Waals surface area contributed by atoms with Gasteiger partial charge in [-0.05, 0) is 91.0 Å². The minimum atomic E-state index is 0.0196. The number of nitrogens with zero attached hydrogens (tertiary/aromatic N) is 1. The number of nitrogens with one attached hydrogen (secondary N) is 1. The lowest BCUT2D eigenvalue weighted by Crippen LogP contribution is -2.63. The van der Waals surface area contributed by atoms with Crippen LogP contribution in [0.1, 0.15) is 65.2 Å². The van der Waals surface area contributed by atoms with Gasteiger partial charge in [-0.1, -0.05) is 26.3 Å². The summed E-state index contributed by atoms with van der Waals surface area (Å²) in [5.41, 5.74) is 0.533. The van der Waals surface area contributed by atoms with Gasteiger partial charge in [0.25, 0.3) is 0 Å². The zero-order valence-corrected chi connectivity index (χ0v) is 18.3. The van der Waals surface area contributed by atoms with E-state index in [9.17, 15) is 9.59 Å². The molecule has 5 heteroatoms. The van der Waals surface area contributed by atoms with Gasteiger partial charge in [0.1, 0.15) is 5.03 Å². The molecule has 1 N–H and O–H groups in total. The van der Waals surface area contributed by atoms with Crippen LogP contribution >= 0.6 is 11.8 Å². The maximum atomic E-state index is 13.6. The largest absolute Gasteiger partial charge is 0.353 e. The Morgan fingerprint density at radius 3 is 2.83 bits per heavy atom. The van der Waals surface area contributed by atoms with Gasteiger partial charge < -0.3 is 5.32 Å². The van der Waals surface area contributed by atoms with Crippen LogP contribution in [0.25, 0.3) is 0 Å². The molecule has 4 aliphatic rings. The Hall–Kier alpha value is -1.36. The SMILES string of the molecule is C[C@@]12CCC[C@H]1[C@@H]1[C@@H](C(=O)Sc3ccccn3)C[C@H]3NC(=O)CC[C@]3(C)[C@H]1CC2. The molecule has 1 aromatic heterocycles. The fourth-order valence-corrected chi connectivity index (χ4v) is 8.40. The molecule has 29 heavy (non-hydrogen) atoms. The number of carbonyl (C=O) groups excluding carboxylic acids is 2. The maximum absolute atomic E-state index is 13.6. The Labute approximate surface area is 178 Å². The summed E-state index contributed by atoms with van der Waals surface area (Å²) < 4.78 is 0. The molecule has 4 nitrogen and oxygen atoms in total.